The molecule has 2 rings (SSSR count). The minimum absolute atomic E-state index is 0.327. The van der Waals surface area contributed by atoms with Crippen LogP contribution in [0.2, 0.25) is 0 Å². The molecule has 0 saturated heterocycles. The Hall–Kier alpha value is -1.73. The first-order chi connectivity index (χ1) is 10.1. The Morgan fingerprint density at radius 1 is 1.48 bits per heavy atom. The summed E-state index contributed by atoms with van der Waals surface area (Å²) in [7, 11) is 0. The molecule has 21 heavy (non-hydrogen) atoms. The average Bonchev–Trinajstić information content (AvgIpc) is 2.79. The van der Waals surface area contributed by atoms with Crippen LogP contribution in [0.15, 0.2) is 33.5 Å². The van der Waals surface area contributed by atoms with Gasteiger partial charge < -0.3 is 14.9 Å². The molecular formula is C14H18N2O4S. The van der Waals surface area contributed by atoms with Crippen molar-refractivity contribution in [2.45, 2.75) is 19.5 Å². The van der Waals surface area contributed by atoms with E-state index in [1.54, 1.807) is 17.6 Å². The van der Waals surface area contributed by atoms with Crippen molar-refractivity contribution < 1.29 is 13.9 Å². The Kier molecular flexibility index (Phi) is 5.46. The third-order valence-corrected chi connectivity index (χ3v) is 3.99. The number of para-hydroxylation sites is 2. The van der Waals surface area contributed by atoms with Crippen LogP contribution in [0.5, 0.6) is 0 Å². The summed E-state index contributed by atoms with van der Waals surface area (Å²) in [5, 5.41) is 0. The molecule has 0 aliphatic carbocycles. The van der Waals surface area contributed by atoms with Crippen molar-refractivity contribution in [3.05, 3.63) is 34.8 Å². The smallest absolute Gasteiger partial charge is 0.419 e. The van der Waals surface area contributed by atoms with Crippen molar-refractivity contribution in [1.29, 1.82) is 0 Å². The number of carbonyl (C=O) groups is 1. The number of fused-ring (bicyclic) bond motifs is 1. The zero-order chi connectivity index (χ0) is 15.2. The van der Waals surface area contributed by atoms with Crippen LogP contribution in [-0.4, -0.2) is 34.7 Å². The third kappa shape index (κ3) is 3.89. The standard InChI is InChI=1S/C14H18N2O4S/c1-2-19-13(17)10(15)9-21-8-7-16-11-5-3-4-6-12(11)20-14(16)18/h3-6,10H,2,7-9,15H2,1H3. The highest BCUT2D eigenvalue weighted by Gasteiger charge is 2.14. The van der Waals surface area contributed by atoms with Gasteiger partial charge in [-0.2, -0.15) is 11.8 Å². The van der Waals surface area contributed by atoms with Crippen LogP contribution in [0.25, 0.3) is 11.1 Å². The molecule has 2 aromatic rings. The zero-order valence-corrected chi connectivity index (χ0v) is 12.6. The Balaban J connectivity index is 1.87. The number of aromatic nitrogens is 1. The Morgan fingerprint density at radius 2 is 2.24 bits per heavy atom. The molecule has 114 valence electrons. The van der Waals surface area contributed by atoms with E-state index in [-0.39, 0.29) is 5.76 Å². The molecule has 0 fully saturated rings. The molecule has 1 aromatic carbocycles. The van der Waals surface area contributed by atoms with Crippen molar-refractivity contribution in [2.24, 2.45) is 5.73 Å². The van der Waals surface area contributed by atoms with Crippen LogP contribution in [0, 0.1) is 0 Å². The van der Waals surface area contributed by atoms with Gasteiger partial charge in [0, 0.05) is 18.1 Å². The Bertz CT molecular complexity index is 664. The summed E-state index contributed by atoms with van der Waals surface area (Å²) in [6, 6.07) is 6.65. The summed E-state index contributed by atoms with van der Waals surface area (Å²) in [5.74, 6) is 0.363. The number of nitrogens with two attached hydrogens (primary N) is 1. The first-order valence-electron chi connectivity index (χ1n) is 6.71. The molecule has 1 heterocycles. The number of oxazole rings is 1. The van der Waals surface area contributed by atoms with Gasteiger partial charge in [0.15, 0.2) is 5.58 Å². The van der Waals surface area contributed by atoms with Crippen LogP contribution < -0.4 is 11.5 Å². The normalized spacial score (nSPS) is 12.5. The predicted octanol–water partition coefficient (Wildman–Crippen LogP) is 1.22. The molecule has 1 aromatic heterocycles. The van der Waals surface area contributed by atoms with Crippen molar-refractivity contribution >= 4 is 28.8 Å². The lowest BCUT2D eigenvalue weighted by molar-refractivity contribution is -0.144. The van der Waals surface area contributed by atoms with E-state index < -0.39 is 12.0 Å². The van der Waals surface area contributed by atoms with Gasteiger partial charge in [-0.05, 0) is 19.1 Å². The molecule has 6 nitrogen and oxygen atoms in total. The zero-order valence-electron chi connectivity index (χ0n) is 11.8. The number of hydrogen-bond donors (Lipinski definition) is 1. The van der Waals surface area contributed by atoms with E-state index >= 15 is 0 Å². The number of ether oxygens (including phenoxy) is 1. The molecular weight excluding hydrogens is 292 g/mol. The molecule has 1 unspecified atom stereocenters. The fourth-order valence-corrected chi connectivity index (χ4v) is 2.78. The van der Waals surface area contributed by atoms with E-state index in [4.69, 9.17) is 14.9 Å². The molecule has 0 saturated carbocycles. The van der Waals surface area contributed by atoms with Crippen LogP contribution in [0.4, 0.5) is 0 Å². The molecule has 2 N–H and O–H groups in total. The summed E-state index contributed by atoms with van der Waals surface area (Å²) < 4.78 is 11.6. The first-order valence-corrected chi connectivity index (χ1v) is 7.87. The monoisotopic (exact) mass is 310 g/mol. The number of esters is 1. The summed E-state index contributed by atoms with van der Waals surface area (Å²) in [4.78, 5) is 23.1. The van der Waals surface area contributed by atoms with E-state index in [1.165, 1.54) is 11.8 Å². The first kappa shape index (κ1) is 15.7. The topological polar surface area (TPSA) is 87.5 Å². The highest BCUT2D eigenvalue weighted by atomic mass is 32.2. The molecule has 0 aliphatic heterocycles. The lowest BCUT2D eigenvalue weighted by Gasteiger charge is -2.10. The molecule has 1 atom stereocenters. The predicted molar refractivity (Wildman–Crippen MR) is 82.4 cm³/mol. The van der Waals surface area contributed by atoms with Crippen molar-refractivity contribution in [1.82, 2.24) is 4.57 Å². The van der Waals surface area contributed by atoms with Gasteiger partial charge in [-0.3, -0.25) is 9.36 Å². The number of aryl methyl sites for hydroxylation is 1. The van der Waals surface area contributed by atoms with Crippen molar-refractivity contribution in [3.63, 3.8) is 0 Å². The van der Waals surface area contributed by atoms with Gasteiger partial charge in [0.25, 0.3) is 0 Å². The van der Waals surface area contributed by atoms with Gasteiger partial charge in [0.2, 0.25) is 0 Å². The minimum atomic E-state index is -0.632. The van der Waals surface area contributed by atoms with Crippen LogP contribution >= 0.6 is 11.8 Å². The molecule has 0 spiro atoms. The highest BCUT2D eigenvalue weighted by molar-refractivity contribution is 7.99. The third-order valence-electron chi connectivity index (χ3n) is 2.92. The lowest BCUT2D eigenvalue weighted by Crippen LogP contribution is -2.34. The molecule has 0 amide bonds. The van der Waals surface area contributed by atoms with E-state index in [2.05, 4.69) is 0 Å². The van der Waals surface area contributed by atoms with E-state index in [0.717, 1.165) is 5.52 Å². The number of nitrogens with zero attached hydrogens (tertiary/aromatic N) is 1. The van der Waals surface area contributed by atoms with E-state index in [0.29, 0.717) is 30.2 Å². The number of carbonyl (C=O) groups excluding carboxylic acids is 1. The summed E-state index contributed by atoms with van der Waals surface area (Å²) >= 11 is 1.50. The van der Waals surface area contributed by atoms with Crippen LogP contribution in [0.1, 0.15) is 6.92 Å². The number of thioether (sulfide) groups is 1. The Morgan fingerprint density at radius 3 is 3.00 bits per heavy atom. The second-order valence-electron chi connectivity index (χ2n) is 4.42. The number of hydrogen-bond acceptors (Lipinski definition) is 6. The highest BCUT2D eigenvalue weighted by Crippen LogP contribution is 2.13. The maximum Gasteiger partial charge on any atom is 0.419 e. The minimum Gasteiger partial charge on any atom is -0.465 e. The molecule has 7 heteroatoms. The fourth-order valence-electron chi connectivity index (χ4n) is 1.91. The molecule has 0 radical (unpaired) electrons. The summed E-state index contributed by atoms with van der Waals surface area (Å²) in [5.41, 5.74) is 7.06. The summed E-state index contributed by atoms with van der Waals surface area (Å²) in [6.07, 6.45) is 0. The van der Waals surface area contributed by atoms with Gasteiger partial charge >= 0.3 is 11.7 Å². The van der Waals surface area contributed by atoms with Gasteiger partial charge in [0.1, 0.15) is 6.04 Å². The number of benzene rings is 1. The van der Waals surface area contributed by atoms with Crippen molar-refractivity contribution in [2.75, 3.05) is 18.1 Å². The SMILES string of the molecule is CCOC(=O)C(N)CSCCn1c(=O)oc2ccccc21. The fraction of sp³-hybridized carbons (Fsp3) is 0.429. The molecule has 0 aliphatic rings. The van der Waals surface area contributed by atoms with E-state index in [1.807, 2.05) is 18.2 Å². The second-order valence-corrected chi connectivity index (χ2v) is 5.57. The van der Waals surface area contributed by atoms with Gasteiger partial charge in [0.05, 0.1) is 12.1 Å². The van der Waals surface area contributed by atoms with Gasteiger partial charge in [-0.25, -0.2) is 4.79 Å². The maximum absolute atomic E-state index is 11.7. The van der Waals surface area contributed by atoms with E-state index in [9.17, 15) is 9.59 Å². The van der Waals surface area contributed by atoms with Gasteiger partial charge in [-0.15, -0.1) is 0 Å². The van der Waals surface area contributed by atoms with Crippen molar-refractivity contribution in [3.8, 4) is 0 Å². The Labute approximate surface area is 126 Å². The second kappa shape index (κ2) is 7.33. The summed E-state index contributed by atoms with van der Waals surface area (Å²) in [6.45, 7) is 2.58. The quantitative estimate of drug-likeness (QED) is 0.611. The van der Waals surface area contributed by atoms with Crippen LogP contribution in [0.3, 0.4) is 0 Å². The lowest BCUT2D eigenvalue weighted by atomic mass is 10.3. The van der Waals surface area contributed by atoms with Crippen LogP contribution in [-0.2, 0) is 16.1 Å². The van der Waals surface area contributed by atoms with Gasteiger partial charge in [-0.1, -0.05) is 12.1 Å². The number of rotatable bonds is 7. The molecule has 0 bridgehead atoms. The maximum atomic E-state index is 11.7. The largest absolute Gasteiger partial charge is 0.465 e. The average molecular weight is 310 g/mol.